The van der Waals surface area contributed by atoms with E-state index in [1.54, 1.807) is 6.07 Å². The van der Waals surface area contributed by atoms with E-state index in [1.165, 1.54) is 20.1 Å². The molecule has 80 valence electrons. The molecule has 4 nitrogen and oxygen atoms in total. The fraction of sp³-hybridized carbons (Fsp3) is 0.200. The molecule has 0 N–H and O–H groups in total. The van der Waals surface area contributed by atoms with E-state index in [0.717, 1.165) is 3.57 Å². The molecule has 0 saturated carbocycles. The molecule has 0 aliphatic heterocycles. The molecule has 5 heteroatoms. The van der Waals surface area contributed by atoms with Crippen molar-refractivity contribution in [2.24, 2.45) is 0 Å². The quantitative estimate of drug-likeness (QED) is 0.370. The molecule has 0 atom stereocenters. The van der Waals surface area contributed by atoms with Crippen molar-refractivity contribution in [2.45, 2.75) is 6.92 Å². The van der Waals surface area contributed by atoms with Gasteiger partial charge in [0.15, 0.2) is 6.29 Å². The number of hydrogen-bond donors (Lipinski definition) is 0. The summed E-state index contributed by atoms with van der Waals surface area (Å²) in [5.74, 6) is 0.313. The van der Waals surface area contributed by atoms with Gasteiger partial charge in [-0.25, -0.2) is 0 Å². The van der Waals surface area contributed by atoms with Gasteiger partial charge in [-0.1, -0.05) is 0 Å². The Labute approximate surface area is 101 Å². The van der Waals surface area contributed by atoms with Gasteiger partial charge in [0.05, 0.1) is 16.2 Å². The van der Waals surface area contributed by atoms with Crippen LogP contribution in [0.2, 0.25) is 0 Å². The molecule has 0 spiro atoms. The zero-order valence-corrected chi connectivity index (χ0v) is 10.4. The molecule has 15 heavy (non-hydrogen) atoms. The lowest BCUT2D eigenvalue weighted by Gasteiger charge is -2.08. The normalized spacial score (nSPS) is 9.53. The van der Waals surface area contributed by atoms with Gasteiger partial charge in [0, 0.05) is 13.0 Å². The summed E-state index contributed by atoms with van der Waals surface area (Å²) in [6.07, 6.45) is 0.639. The standard InChI is InChI=1S/C10H9IO4/c1-6(13)15-9-4-10(14-2)8(11)3-7(9)5-12/h3-5H,1-2H3. The highest BCUT2D eigenvalue weighted by Gasteiger charge is 2.10. The summed E-state index contributed by atoms with van der Waals surface area (Å²) in [6, 6.07) is 3.12. The largest absolute Gasteiger partial charge is 0.496 e. The van der Waals surface area contributed by atoms with Gasteiger partial charge in [-0.15, -0.1) is 0 Å². The molecule has 0 fully saturated rings. The molecule has 0 bridgehead atoms. The van der Waals surface area contributed by atoms with Gasteiger partial charge in [0.2, 0.25) is 0 Å². The van der Waals surface area contributed by atoms with E-state index >= 15 is 0 Å². The summed E-state index contributed by atoms with van der Waals surface area (Å²) in [7, 11) is 1.51. The zero-order chi connectivity index (χ0) is 11.4. The maximum atomic E-state index is 10.8. The summed E-state index contributed by atoms with van der Waals surface area (Å²) >= 11 is 2.04. The second-order valence-corrected chi connectivity index (χ2v) is 3.90. The number of hydrogen-bond acceptors (Lipinski definition) is 4. The fourth-order valence-corrected chi connectivity index (χ4v) is 1.75. The monoisotopic (exact) mass is 320 g/mol. The van der Waals surface area contributed by atoms with Crippen LogP contribution < -0.4 is 9.47 Å². The second kappa shape index (κ2) is 5.11. The number of aldehydes is 1. The minimum atomic E-state index is -0.471. The van der Waals surface area contributed by atoms with Crippen LogP contribution in [0.15, 0.2) is 12.1 Å². The highest BCUT2D eigenvalue weighted by Crippen LogP contribution is 2.29. The van der Waals surface area contributed by atoms with Crippen molar-refractivity contribution in [1.82, 2.24) is 0 Å². The molecule has 1 aromatic carbocycles. The van der Waals surface area contributed by atoms with Crippen LogP contribution in [-0.4, -0.2) is 19.4 Å². The Morgan fingerprint density at radius 3 is 2.53 bits per heavy atom. The van der Waals surface area contributed by atoms with Crippen molar-refractivity contribution < 1.29 is 19.1 Å². The number of rotatable bonds is 3. The number of methoxy groups -OCH3 is 1. The first-order valence-corrected chi connectivity index (χ1v) is 5.17. The molecule has 1 rings (SSSR count). The second-order valence-electron chi connectivity index (χ2n) is 2.74. The van der Waals surface area contributed by atoms with E-state index in [0.29, 0.717) is 17.6 Å². The Hall–Kier alpha value is -1.11. The number of halogens is 1. The molecule has 0 unspecified atom stereocenters. The van der Waals surface area contributed by atoms with E-state index in [2.05, 4.69) is 0 Å². The minimum Gasteiger partial charge on any atom is -0.496 e. The van der Waals surface area contributed by atoms with Crippen LogP contribution in [0.3, 0.4) is 0 Å². The van der Waals surface area contributed by atoms with Gasteiger partial charge in [-0.2, -0.15) is 0 Å². The summed E-state index contributed by atoms with van der Waals surface area (Å²) in [4.78, 5) is 21.5. The van der Waals surface area contributed by atoms with Crippen molar-refractivity contribution >= 4 is 34.8 Å². The van der Waals surface area contributed by atoms with E-state index < -0.39 is 5.97 Å². The average molecular weight is 320 g/mol. The molecule has 0 aliphatic carbocycles. The third-order valence-electron chi connectivity index (χ3n) is 1.66. The number of carbonyl (C=O) groups is 2. The Balaban J connectivity index is 3.21. The van der Waals surface area contributed by atoms with E-state index in [9.17, 15) is 9.59 Å². The highest BCUT2D eigenvalue weighted by molar-refractivity contribution is 14.1. The van der Waals surface area contributed by atoms with Crippen molar-refractivity contribution in [3.63, 3.8) is 0 Å². The predicted octanol–water partition coefficient (Wildman–Crippen LogP) is 2.04. The lowest BCUT2D eigenvalue weighted by Crippen LogP contribution is -2.04. The molecule has 1 aromatic rings. The number of esters is 1. The van der Waals surface area contributed by atoms with Crippen LogP contribution in [0.5, 0.6) is 11.5 Å². The summed E-state index contributed by atoms with van der Waals surface area (Å²) in [5.41, 5.74) is 0.329. The summed E-state index contributed by atoms with van der Waals surface area (Å²) in [5, 5.41) is 0. The van der Waals surface area contributed by atoms with Gasteiger partial charge in [0.25, 0.3) is 0 Å². The minimum absolute atomic E-state index is 0.217. The SMILES string of the molecule is COc1cc(OC(C)=O)c(C=O)cc1I. The Kier molecular flexibility index (Phi) is 4.07. The topological polar surface area (TPSA) is 52.6 Å². The van der Waals surface area contributed by atoms with Crippen LogP contribution in [0.1, 0.15) is 17.3 Å². The van der Waals surface area contributed by atoms with E-state index in [1.807, 2.05) is 22.6 Å². The van der Waals surface area contributed by atoms with Gasteiger partial charge in [-0.3, -0.25) is 9.59 Å². The predicted molar refractivity (Wildman–Crippen MR) is 62.4 cm³/mol. The van der Waals surface area contributed by atoms with Crippen molar-refractivity contribution in [3.05, 3.63) is 21.3 Å². The molecule has 0 radical (unpaired) electrons. The van der Waals surface area contributed by atoms with Gasteiger partial charge < -0.3 is 9.47 Å². The lowest BCUT2D eigenvalue weighted by atomic mass is 10.2. The maximum absolute atomic E-state index is 10.8. The Morgan fingerprint density at radius 1 is 1.40 bits per heavy atom. The van der Waals surface area contributed by atoms with Gasteiger partial charge in [-0.05, 0) is 28.7 Å². The first-order valence-electron chi connectivity index (χ1n) is 4.09. The molecule has 0 amide bonds. The van der Waals surface area contributed by atoms with Crippen molar-refractivity contribution in [3.8, 4) is 11.5 Å². The van der Waals surface area contributed by atoms with Gasteiger partial charge >= 0.3 is 5.97 Å². The molecular formula is C10H9IO4. The molecule has 0 aromatic heterocycles. The third kappa shape index (κ3) is 2.92. The van der Waals surface area contributed by atoms with Crippen LogP contribution >= 0.6 is 22.6 Å². The Morgan fingerprint density at radius 2 is 2.07 bits per heavy atom. The molecular weight excluding hydrogens is 311 g/mol. The van der Waals surface area contributed by atoms with Crippen LogP contribution in [0.25, 0.3) is 0 Å². The van der Waals surface area contributed by atoms with Crippen molar-refractivity contribution in [1.29, 1.82) is 0 Å². The molecule has 0 saturated heterocycles. The average Bonchev–Trinajstić information content (AvgIpc) is 2.19. The van der Waals surface area contributed by atoms with Crippen LogP contribution in [0.4, 0.5) is 0 Å². The Bertz CT molecular complexity index is 401. The first-order chi connectivity index (χ1) is 7.08. The van der Waals surface area contributed by atoms with Crippen molar-refractivity contribution in [2.75, 3.05) is 7.11 Å². The van der Waals surface area contributed by atoms with Crippen LogP contribution in [-0.2, 0) is 4.79 Å². The summed E-state index contributed by atoms with van der Waals surface area (Å²) in [6.45, 7) is 1.28. The number of carbonyl (C=O) groups excluding carboxylic acids is 2. The highest BCUT2D eigenvalue weighted by atomic mass is 127. The fourth-order valence-electron chi connectivity index (χ4n) is 1.04. The number of ether oxygens (including phenoxy) is 2. The van der Waals surface area contributed by atoms with E-state index in [-0.39, 0.29) is 5.75 Å². The van der Waals surface area contributed by atoms with Crippen LogP contribution in [0, 0.1) is 3.57 Å². The smallest absolute Gasteiger partial charge is 0.308 e. The number of benzene rings is 1. The third-order valence-corrected chi connectivity index (χ3v) is 2.51. The molecule has 0 heterocycles. The maximum Gasteiger partial charge on any atom is 0.308 e. The molecule has 0 aliphatic rings. The lowest BCUT2D eigenvalue weighted by molar-refractivity contribution is -0.131. The van der Waals surface area contributed by atoms with E-state index in [4.69, 9.17) is 9.47 Å². The zero-order valence-electron chi connectivity index (χ0n) is 8.24. The summed E-state index contributed by atoms with van der Waals surface area (Å²) < 4.78 is 10.7. The van der Waals surface area contributed by atoms with Gasteiger partial charge in [0.1, 0.15) is 11.5 Å². The first kappa shape index (κ1) is 12.0.